The van der Waals surface area contributed by atoms with E-state index < -0.39 is 5.97 Å². The minimum Gasteiger partial charge on any atom is -0.519 e. The first-order chi connectivity index (χ1) is 7.72. The second-order valence-corrected chi connectivity index (χ2v) is 2.92. The first-order valence-corrected chi connectivity index (χ1v) is 4.78. The predicted molar refractivity (Wildman–Crippen MR) is 57.4 cm³/mol. The molecule has 0 fully saturated rings. The van der Waals surface area contributed by atoms with Crippen LogP contribution in [0.3, 0.4) is 0 Å². The molecule has 0 bridgehead atoms. The number of hydrogen-bond donors (Lipinski definition) is 0. The Labute approximate surface area is 93.5 Å². The van der Waals surface area contributed by atoms with Gasteiger partial charge in [0.05, 0.1) is 13.7 Å². The fraction of sp³-hybridized carbons (Fsp3) is 0.250. The molecule has 0 spiro atoms. The van der Waals surface area contributed by atoms with E-state index in [1.54, 1.807) is 31.2 Å². The van der Waals surface area contributed by atoms with E-state index in [2.05, 4.69) is 0 Å². The van der Waals surface area contributed by atoms with Gasteiger partial charge in [-0.1, -0.05) is 5.57 Å². The fourth-order valence-electron chi connectivity index (χ4n) is 1.17. The molecule has 1 aromatic carbocycles. The van der Waals surface area contributed by atoms with E-state index in [1.807, 2.05) is 0 Å². The van der Waals surface area contributed by atoms with Crippen molar-refractivity contribution in [2.75, 3.05) is 13.7 Å². The first kappa shape index (κ1) is 14.2. The maximum Gasteiger partial charge on any atom is 0.222 e. The van der Waals surface area contributed by atoms with E-state index in [4.69, 9.17) is 9.47 Å². The summed E-state index contributed by atoms with van der Waals surface area (Å²) in [4.78, 5) is 11.3. The van der Waals surface area contributed by atoms with E-state index >= 15 is 0 Å². The van der Waals surface area contributed by atoms with Crippen LogP contribution in [-0.2, 0) is 9.53 Å². The SMILES string of the molecule is CCOC(=O)C(=[C-]F)c1ccc(OC)cc1.[Rf]. The number of carbonyl (C=O) groups is 1. The number of carbonyl (C=O) groups excluding carboxylic acids is 1. The van der Waals surface area contributed by atoms with Crippen LogP contribution in [0, 0.1) is 6.33 Å². The molecule has 0 aliphatic heterocycles. The molecule has 0 amide bonds. The van der Waals surface area contributed by atoms with Gasteiger partial charge in [-0.05, 0) is 19.1 Å². The Kier molecular flexibility index (Phi) is 5.50. The molecule has 0 saturated heterocycles. The van der Waals surface area contributed by atoms with Crippen LogP contribution in [0.1, 0.15) is 12.5 Å². The monoisotopic (exact) mass is 490 g/mol. The summed E-state index contributed by atoms with van der Waals surface area (Å²) in [6.07, 6.45) is 1.34. The van der Waals surface area contributed by atoms with Crippen molar-refractivity contribution < 1.29 is 18.7 Å². The van der Waals surface area contributed by atoms with Crippen LogP contribution in [0.5, 0.6) is 5.75 Å². The molecule has 0 aliphatic carbocycles. The average Bonchev–Trinajstić information content (AvgIpc) is 2.31. The Morgan fingerprint density at radius 3 is 2.35 bits per heavy atom. The number of rotatable bonds is 4. The summed E-state index contributed by atoms with van der Waals surface area (Å²) in [5.74, 6) is -0.0963. The quantitative estimate of drug-likeness (QED) is 0.370. The summed E-state index contributed by atoms with van der Waals surface area (Å²) in [7, 11) is 1.53. The van der Waals surface area contributed by atoms with Crippen LogP contribution >= 0.6 is 0 Å². The zero-order valence-corrected chi connectivity index (χ0v) is 16.2. The zero-order valence-electron chi connectivity index (χ0n) is 9.83. The van der Waals surface area contributed by atoms with E-state index in [0.29, 0.717) is 11.3 Å². The molecule has 0 aromatic heterocycles. The molecule has 1 aromatic rings. The van der Waals surface area contributed by atoms with E-state index in [1.165, 1.54) is 13.4 Å². The van der Waals surface area contributed by atoms with E-state index in [0.717, 1.165) is 0 Å². The van der Waals surface area contributed by atoms with Gasteiger partial charge in [-0.15, -0.1) is 17.7 Å². The van der Waals surface area contributed by atoms with Gasteiger partial charge in [0.1, 0.15) is 5.75 Å². The average molecular weight is 490 g/mol. The second-order valence-electron chi connectivity index (χ2n) is 2.92. The van der Waals surface area contributed by atoms with Crippen molar-refractivity contribution in [1.82, 2.24) is 0 Å². The summed E-state index contributed by atoms with van der Waals surface area (Å²) in [6.45, 7) is 1.85. The van der Waals surface area contributed by atoms with Gasteiger partial charge in [-0.25, -0.2) is 0 Å². The zero-order chi connectivity index (χ0) is 12.0. The summed E-state index contributed by atoms with van der Waals surface area (Å²) in [5, 5.41) is 0. The largest absolute Gasteiger partial charge is 0.519 e. The number of ether oxygens (including phenoxy) is 2. The molecule has 0 unspecified atom stereocenters. The molecule has 17 heavy (non-hydrogen) atoms. The van der Waals surface area contributed by atoms with Crippen LogP contribution in [0.15, 0.2) is 24.3 Å². The van der Waals surface area contributed by atoms with E-state index in [-0.39, 0.29) is 12.2 Å². The predicted octanol–water partition coefficient (Wildman–Crippen LogP) is 2.37. The van der Waals surface area contributed by atoms with Crippen LogP contribution < -0.4 is 4.74 Å². The van der Waals surface area contributed by atoms with Crippen molar-refractivity contribution in [3.8, 4) is 5.75 Å². The van der Waals surface area contributed by atoms with Gasteiger partial charge >= 0.3 is 0 Å². The van der Waals surface area contributed by atoms with Gasteiger partial charge in [0, 0.05) is 6.33 Å². The van der Waals surface area contributed by atoms with Crippen molar-refractivity contribution in [1.29, 1.82) is 0 Å². The molecule has 5 heteroatoms. The van der Waals surface area contributed by atoms with Crippen LogP contribution in [0.25, 0.3) is 5.57 Å². The Morgan fingerprint density at radius 2 is 1.94 bits per heavy atom. The van der Waals surface area contributed by atoms with Crippen molar-refractivity contribution in [2.24, 2.45) is 0 Å². The maximum atomic E-state index is 12.5. The van der Waals surface area contributed by atoms with Crippen molar-refractivity contribution in [3.05, 3.63) is 36.2 Å². The summed E-state index contributed by atoms with van der Waals surface area (Å²) in [5.41, 5.74) is 0.186. The topological polar surface area (TPSA) is 35.5 Å². The second kappa shape index (κ2) is 6.61. The smallest absolute Gasteiger partial charge is 0.222 e. The minimum atomic E-state index is -0.727. The Bertz CT molecular complexity index is 387. The fourth-order valence-corrected chi connectivity index (χ4v) is 1.17. The summed E-state index contributed by atoms with van der Waals surface area (Å²) in [6, 6.07) is 6.40. The van der Waals surface area contributed by atoms with Crippen molar-refractivity contribution in [2.45, 2.75) is 6.92 Å². The van der Waals surface area contributed by atoms with Gasteiger partial charge in [-0.3, -0.25) is 4.39 Å². The number of halogens is 1. The summed E-state index contributed by atoms with van der Waals surface area (Å²) >= 11 is 0. The molecule has 0 N–H and O–H groups in total. The summed E-state index contributed by atoms with van der Waals surface area (Å²) < 4.78 is 22.1. The molecule has 0 aliphatic rings. The van der Waals surface area contributed by atoms with Gasteiger partial charge in [0.25, 0.3) is 0 Å². The van der Waals surface area contributed by atoms with Crippen molar-refractivity contribution in [3.63, 3.8) is 0 Å². The molecular weight excluding hydrogens is 478 g/mol. The molecule has 3 nitrogen and oxygen atoms in total. The number of benzene rings is 1. The molecule has 0 saturated carbocycles. The Balaban J connectivity index is 0.00000256. The van der Waals surface area contributed by atoms with Crippen LogP contribution in [0.2, 0.25) is 0 Å². The molecule has 88 valence electrons. The van der Waals surface area contributed by atoms with Crippen LogP contribution in [0.4, 0.5) is 4.39 Å². The molecule has 0 heterocycles. The molecular formula is C12H12FO3Rf-. The Hall–Kier alpha value is -2.84. The third-order valence-corrected chi connectivity index (χ3v) is 1.95. The molecule has 0 radical (unpaired) electrons. The maximum absolute atomic E-state index is 12.5. The van der Waals surface area contributed by atoms with Crippen molar-refractivity contribution >= 4 is 11.5 Å². The number of esters is 1. The minimum absolute atomic E-state index is 0. The van der Waals surface area contributed by atoms with Gasteiger partial charge < -0.3 is 14.3 Å². The third kappa shape index (κ3) is 3.34. The standard InChI is InChI=1S/C12H12FO3.Rf/c1-3-16-12(14)11(8-13)9-4-6-10(15-2)7-5-9;/h4-7H,3H2,1-2H3;/q-1;. The normalized spacial score (nSPS) is 10.4. The van der Waals surface area contributed by atoms with Gasteiger partial charge in [-0.2, -0.15) is 0 Å². The number of hydrogen-bond acceptors (Lipinski definition) is 3. The molecule has 1 rings (SSSR count). The van der Waals surface area contributed by atoms with E-state index in [9.17, 15) is 9.18 Å². The molecule has 0 atom stereocenters. The number of methoxy groups -OCH3 is 1. The van der Waals surface area contributed by atoms with Gasteiger partial charge in [0.15, 0.2) is 0 Å². The Morgan fingerprint density at radius 1 is 1.35 bits per heavy atom. The first-order valence-electron chi connectivity index (χ1n) is 4.78. The third-order valence-electron chi connectivity index (χ3n) is 1.95. The van der Waals surface area contributed by atoms with Gasteiger partial charge in [0.2, 0.25) is 5.97 Å². The van der Waals surface area contributed by atoms with Crippen LogP contribution in [-0.4, -0.2) is 19.7 Å².